The van der Waals surface area contributed by atoms with Gasteiger partial charge in [-0.05, 0) is 25.2 Å². The van der Waals surface area contributed by atoms with Crippen molar-refractivity contribution in [2.24, 2.45) is 11.8 Å². The average Bonchev–Trinajstić information content (AvgIpc) is 2.39. The van der Waals surface area contributed by atoms with E-state index in [1.165, 1.54) is 0 Å². The average molecular weight is 252 g/mol. The number of hydrogen-bond donors (Lipinski definition) is 4. The third-order valence-corrected chi connectivity index (χ3v) is 3.26. The van der Waals surface area contributed by atoms with Gasteiger partial charge in [0.05, 0.1) is 0 Å². The number of nitrogens with two attached hydrogens (primary N) is 2. The lowest BCUT2D eigenvalue weighted by atomic mass is 9.95. The van der Waals surface area contributed by atoms with Gasteiger partial charge in [-0.3, -0.25) is 0 Å². The van der Waals surface area contributed by atoms with E-state index in [2.05, 4.69) is 20.3 Å². The molecule has 6 N–H and O–H groups in total. The molecule has 2 rings (SSSR count). The molecule has 1 aromatic heterocycles. The van der Waals surface area contributed by atoms with Crippen molar-refractivity contribution in [1.82, 2.24) is 9.97 Å². The van der Waals surface area contributed by atoms with Gasteiger partial charge < -0.3 is 21.2 Å². The molecular weight excluding hydrogens is 232 g/mol. The molecule has 1 saturated heterocycles. The molecule has 7 nitrogen and oxygen atoms in total. The molecule has 1 aromatic rings. The monoisotopic (exact) mass is 252 g/mol. The van der Waals surface area contributed by atoms with Crippen molar-refractivity contribution < 1.29 is 5.11 Å². The first-order valence-electron chi connectivity index (χ1n) is 6.20. The molecule has 0 amide bonds. The van der Waals surface area contributed by atoms with E-state index in [0.717, 1.165) is 38.2 Å². The molecule has 0 radical (unpaired) electrons. The summed E-state index contributed by atoms with van der Waals surface area (Å²) in [6, 6.07) is 1.79. The Kier molecular flexibility index (Phi) is 4.16. The fourth-order valence-corrected chi connectivity index (χ4v) is 2.38. The van der Waals surface area contributed by atoms with Gasteiger partial charge >= 0.3 is 0 Å². The summed E-state index contributed by atoms with van der Waals surface area (Å²) in [4.78, 5) is 10.4. The van der Waals surface area contributed by atoms with Crippen LogP contribution < -0.4 is 21.9 Å². The first-order valence-corrected chi connectivity index (χ1v) is 6.20. The van der Waals surface area contributed by atoms with Crippen LogP contribution in [0.2, 0.25) is 0 Å². The van der Waals surface area contributed by atoms with Crippen molar-refractivity contribution >= 4 is 17.6 Å². The molecule has 0 spiro atoms. The molecule has 1 atom stereocenters. The van der Waals surface area contributed by atoms with E-state index in [1.807, 2.05) is 0 Å². The highest BCUT2D eigenvalue weighted by atomic mass is 16.3. The zero-order chi connectivity index (χ0) is 13.0. The molecule has 100 valence electrons. The molecule has 1 aliphatic rings. The minimum atomic E-state index is 0.213. The zero-order valence-electron chi connectivity index (χ0n) is 10.3. The van der Waals surface area contributed by atoms with E-state index in [-0.39, 0.29) is 12.6 Å². The van der Waals surface area contributed by atoms with Crippen molar-refractivity contribution in [1.29, 1.82) is 0 Å². The minimum Gasteiger partial charge on any atom is -0.396 e. The molecule has 7 heteroatoms. The molecule has 0 bridgehead atoms. The number of hydrazine groups is 1. The van der Waals surface area contributed by atoms with E-state index in [0.29, 0.717) is 11.7 Å². The van der Waals surface area contributed by atoms with Crippen LogP contribution in [0.15, 0.2) is 6.07 Å². The maximum atomic E-state index is 9.01. The molecule has 1 aliphatic heterocycles. The summed E-state index contributed by atoms with van der Waals surface area (Å²) < 4.78 is 0. The molecule has 2 heterocycles. The number of hydrogen-bond acceptors (Lipinski definition) is 7. The predicted molar refractivity (Wildman–Crippen MR) is 70.9 cm³/mol. The first-order chi connectivity index (χ1) is 8.72. The molecule has 1 fully saturated rings. The van der Waals surface area contributed by atoms with E-state index in [9.17, 15) is 0 Å². The van der Waals surface area contributed by atoms with E-state index in [1.54, 1.807) is 6.07 Å². The van der Waals surface area contributed by atoms with Gasteiger partial charge in [0, 0.05) is 25.8 Å². The Hall–Kier alpha value is -1.60. The Morgan fingerprint density at radius 2 is 2.33 bits per heavy atom. The summed E-state index contributed by atoms with van der Waals surface area (Å²) >= 11 is 0. The minimum absolute atomic E-state index is 0.213. The molecule has 0 aliphatic carbocycles. The Morgan fingerprint density at radius 3 is 3.06 bits per heavy atom. The number of piperidine rings is 1. The molecule has 0 saturated carbocycles. The lowest BCUT2D eigenvalue weighted by Crippen LogP contribution is -2.36. The number of rotatable bonds is 4. The Balaban J connectivity index is 2.12. The molecule has 18 heavy (non-hydrogen) atoms. The molecule has 0 aromatic carbocycles. The van der Waals surface area contributed by atoms with Crippen molar-refractivity contribution in [3.63, 3.8) is 0 Å². The Labute approximate surface area is 106 Å². The lowest BCUT2D eigenvalue weighted by Gasteiger charge is -2.33. The van der Waals surface area contributed by atoms with Gasteiger partial charge in [-0.25, -0.2) is 5.84 Å². The largest absolute Gasteiger partial charge is 0.396 e. The van der Waals surface area contributed by atoms with Crippen LogP contribution in [-0.4, -0.2) is 34.8 Å². The predicted octanol–water partition coefficient (Wildman–Crippen LogP) is -0.0568. The van der Waals surface area contributed by atoms with Crippen LogP contribution in [-0.2, 0) is 0 Å². The van der Waals surface area contributed by atoms with Gasteiger partial charge in [0.2, 0.25) is 5.95 Å². The summed E-state index contributed by atoms with van der Waals surface area (Å²) in [7, 11) is 0. The smallest absolute Gasteiger partial charge is 0.223 e. The maximum absolute atomic E-state index is 9.01. The molecular formula is C11H20N6O. The summed E-state index contributed by atoms with van der Waals surface area (Å²) in [5.74, 6) is 7.37. The van der Waals surface area contributed by atoms with Crippen LogP contribution in [0.25, 0.3) is 0 Å². The highest BCUT2D eigenvalue weighted by molar-refractivity contribution is 5.52. The number of nitrogens with one attached hydrogen (secondary N) is 1. The van der Waals surface area contributed by atoms with Crippen molar-refractivity contribution in [3.05, 3.63) is 6.07 Å². The number of aromatic nitrogens is 2. The van der Waals surface area contributed by atoms with Crippen LogP contribution in [0.5, 0.6) is 0 Å². The van der Waals surface area contributed by atoms with Gasteiger partial charge in [-0.1, -0.05) is 0 Å². The lowest BCUT2D eigenvalue weighted by molar-refractivity contribution is 0.244. The van der Waals surface area contributed by atoms with Crippen LogP contribution in [0.1, 0.15) is 19.3 Å². The third kappa shape index (κ3) is 2.99. The Morgan fingerprint density at radius 1 is 1.50 bits per heavy atom. The highest BCUT2D eigenvalue weighted by Crippen LogP contribution is 2.25. The second kappa shape index (κ2) is 5.83. The van der Waals surface area contributed by atoms with Gasteiger partial charge in [-0.2, -0.15) is 9.97 Å². The summed E-state index contributed by atoms with van der Waals surface area (Å²) in [6.45, 7) is 2.07. The number of aliphatic hydroxyl groups is 1. The van der Waals surface area contributed by atoms with Crippen LogP contribution >= 0.6 is 0 Å². The fourth-order valence-electron chi connectivity index (χ4n) is 2.38. The van der Waals surface area contributed by atoms with E-state index in [4.69, 9.17) is 16.7 Å². The first kappa shape index (κ1) is 12.8. The number of nitrogens with zero attached hydrogens (tertiary/aromatic N) is 3. The maximum Gasteiger partial charge on any atom is 0.223 e. The van der Waals surface area contributed by atoms with Gasteiger partial charge in [0.15, 0.2) is 0 Å². The van der Waals surface area contributed by atoms with E-state index < -0.39 is 0 Å². The van der Waals surface area contributed by atoms with Gasteiger partial charge in [0.1, 0.15) is 11.6 Å². The summed E-state index contributed by atoms with van der Waals surface area (Å²) in [5.41, 5.74) is 8.14. The van der Waals surface area contributed by atoms with Gasteiger partial charge in [-0.15, -0.1) is 0 Å². The topological polar surface area (TPSA) is 113 Å². The third-order valence-electron chi connectivity index (χ3n) is 3.26. The summed E-state index contributed by atoms with van der Waals surface area (Å²) in [5, 5.41) is 9.01. The number of anilines is 3. The molecule has 1 unspecified atom stereocenters. The van der Waals surface area contributed by atoms with Crippen LogP contribution in [0.3, 0.4) is 0 Å². The van der Waals surface area contributed by atoms with Crippen LogP contribution in [0.4, 0.5) is 17.6 Å². The highest BCUT2D eigenvalue weighted by Gasteiger charge is 2.21. The Bertz CT molecular complexity index is 397. The normalized spacial score (nSPS) is 19.9. The number of aliphatic hydroxyl groups excluding tert-OH is 1. The SMILES string of the molecule is NNc1cc(N2CCCC(CCO)C2)nc(N)n1. The van der Waals surface area contributed by atoms with E-state index >= 15 is 0 Å². The fraction of sp³-hybridized carbons (Fsp3) is 0.636. The second-order valence-corrected chi connectivity index (χ2v) is 4.58. The quantitative estimate of drug-likeness (QED) is 0.438. The van der Waals surface area contributed by atoms with Crippen molar-refractivity contribution in [2.75, 3.05) is 35.8 Å². The number of nitrogen functional groups attached to an aromatic ring is 2. The zero-order valence-corrected chi connectivity index (χ0v) is 10.3. The van der Waals surface area contributed by atoms with Crippen molar-refractivity contribution in [3.8, 4) is 0 Å². The van der Waals surface area contributed by atoms with Crippen molar-refractivity contribution in [2.45, 2.75) is 19.3 Å². The standard InChI is InChI=1S/C11H20N6O/c12-11-14-9(16-13)6-10(15-11)17-4-1-2-8(7-17)3-5-18/h6,8,18H,1-5,7,13H2,(H3,12,14,15,16). The second-order valence-electron chi connectivity index (χ2n) is 4.58. The summed E-state index contributed by atoms with van der Waals surface area (Å²) in [6.07, 6.45) is 3.08. The van der Waals surface area contributed by atoms with Crippen LogP contribution in [0, 0.1) is 5.92 Å². The van der Waals surface area contributed by atoms with Gasteiger partial charge in [0.25, 0.3) is 0 Å².